The average Bonchev–Trinajstić information content (AvgIpc) is 3.37. The molecule has 3 heterocycles. The topological polar surface area (TPSA) is 215 Å². The summed E-state index contributed by atoms with van der Waals surface area (Å²) in [5.74, 6) is 0.221. The summed E-state index contributed by atoms with van der Waals surface area (Å²) in [5.41, 5.74) is 13.1. The van der Waals surface area contributed by atoms with Gasteiger partial charge in [-0.15, -0.1) is 0 Å². The van der Waals surface area contributed by atoms with Crippen molar-refractivity contribution in [2.24, 2.45) is 5.73 Å². The molecule has 13 nitrogen and oxygen atoms in total. The van der Waals surface area contributed by atoms with E-state index in [9.17, 15) is 19.6 Å². The van der Waals surface area contributed by atoms with Crippen LogP contribution < -0.4 is 16.8 Å². The molecule has 0 spiro atoms. The number of amides is 1. The van der Waals surface area contributed by atoms with Gasteiger partial charge in [-0.05, 0) is 31.3 Å². The molecule has 3 aliphatic rings. The highest BCUT2D eigenvalue weighted by molar-refractivity contribution is 7.46. The summed E-state index contributed by atoms with van der Waals surface area (Å²) in [7, 11) is -4.81. The van der Waals surface area contributed by atoms with Crippen LogP contribution in [0.25, 0.3) is 0 Å². The number of hydrogen-bond donors (Lipinski definition) is 7. The molecule has 1 amide bonds. The maximum atomic E-state index is 13.6. The van der Waals surface area contributed by atoms with Gasteiger partial charge in [-0.25, -0.2) is 9.55 Å². The summed E-state index contributed by atoms with van der Waals surface area (Å²) in [6, 6.07) is 0. The van der Waals surface area contributed by atoms with Gasteiger partial charge >= 0.3 is 7.82 Å². The van der Waals surface area contributed by atoms with Crippen molar-refractivity contribution in [1.29, 1.82) is 0 Å². The van der Waals surface area contributed by atoms with Gasteiger partial charge in [0.2, 0.25) is 5.91 Å². The number of anilines is 1. The molecule has 214 valence electrons. The van der Waals surface area contributed by atoms with Crippen molar-refractivity contribution in [3.8, 4) is 0 Å². The first-order chi connectivity index (χ1) is 18.0. The van der Waals surface area contributed by atoms with Crippen LogP contribution in [0, 0.1) is 0 Å². The minimum atomic E-state index is -4.81. The lowest BCUT2D eigenvalue weighted by Gasteiger charge is -2.37. The van der Waals surface area contributed by atoms with Crippen molar-refractivity contribution in [1.82, 2.24) is 14.9 Å². The molecule has 1 saturated heterocycles. The third kappa shape index (κ3) is 6.25. The number of phosphoric ester groups is 1. The third-order valence-corrected chi connectivity index (χ3v) is 8.45. The van der Waals surface area contributed by atoms with E-state index in [1.165, 1.54) is 36.6 Å². The standard InChI is InChI=1S/C24H40N5O8P/c25-20-15-10-8-6-4-2-1-3-5-7-9-11-24(12-15,23(32)28-20)19-21(26)29(14-27-19)22-18(31)17(30)16(37-22)13-36-38(33,34)35/h14,16-18,22,30-31H,1-13,25-26H2,(H,28,32)(H2,33,34,35). The number of phosphoric acid groups is 1. The summed E-state index contributed by atoms with van der Waals surface area (Å²) >= 11 is 0. The van der Waals surface area contributed by atoms with E-state index >= 15 is 0 Å². The zero-order chi connectivity index (χ0) is 27.5. The van der Waals surface area contributed by atoms with Crippen LogP contribution in [-0.2, 0) is 24.0 Å². The molecule has 14 heteroatoms. The van der Waals surface area contributed by atoms with Crippen LogP contribution in [-0.4, -0.2) is 60.4 Å². The second-order valence-corrected chi connectivity index (χ2v) is 11.9. The zero-order valence-corrected chi connectivity index (χ0v) is 22.4. The monoisotopic (exact) mass is 557 g/mol. The summed E-state index contributed by atoms with van der Waals surface area (Å²) in [6.07, 6.45) is 7.39. The van der Waals surface area contributed by atoms with Crippen molar-refractivity contribution in [2.75, 3.05) is 12.3 Å². The lowest BCUT2D eigenvalue weighted by molar-refractivity contribution is -0.127. The molecule has 0 aromatic carbocycles. The normalized spacial score (nSPS) is 32.2. The van der Waals surface area contributed by atoms with Gasteiger partial charge in [0, 0.05) is 0 Å². The number of hydrogen-bond acceptors (Lipinski definition) is 9. The fraction of sp³-hybridized carbons (Fsp3) is 0.750. The average molecular weight is 558 g/mol. The summed E-state index contributed by atoms with van der Waals surface area (Å²) < 4.78 is 22.5. The Morgan fingerprint density at radius 3 is 2.37 bits per heavy atom. The fourth-order valence-electron chi connectivity index (χ4n) is 5.82. The maximum absolute atomic E-state index is 13.6. The molecule has 1 aliphatic carbocycles. The number of carbonyl (C=O) groups excluding carboxylic acids is 1. The Bertz CT molecular complexity index is 1070. The van der Waals surface area contributed by atoms with E-state index in [2.05, 4.69) is 14.8 Å². The van der Waals surface area contributed by atoms with Gasteiger partial charge in [0.25, 0.3) is 0 Å². The maximum Gasteiger partial charge on any atom is 0.469 e. The minimum Gasteiger partial charge on any atom is -0.387 e. The number of aromatic nitrogens is 2. The Kier molecular flexibility index (Phi) is 9.18. The van der Waals surface area contributed by atoms with Crippen molar-refractivity contribution < 1.29 is 38.6 Å². The summed E-state index contributed by atoms with van der Waals surface area (Å²) in [6.45, 7) is -0.639. The van der Waals surface area contributed by atoms with Gasteiger partial charge in [0.05, 0.1) is 24.0 Å². The Balaban J connectivity index is 1.62. The number of rotatable bonds is 5. The van der Waals surface area contributed by atoms with Crippen molar-refractivity contribution in [2.45, 2.75) is 107 Å². The molecule has 1 saturated carbocycles. The molecular formula is C24H40N5O8P. The Morgan fingerprint density at radius 1 is 1.08 bits per heavy atom. The number of carbonyl (C=O) groups is 1. The van der Waals surface area contributed by atoms with E-state index in [1.54, 1.807) is 0 Å². The molecule has 0 radical (unpaired) electrons. The van der Waals surface area contributed by atoms with Crippen molar-refractivity contribution in [3.63, 3.8) is 0 Å². The van der Waals surface area contributed by atoms with E-state index in [0.717, 1.165) is 44.1 Å². The predicted octanol–water partition coefficient (Wildman–Crippen LogP) is 1.43. The number of allylic oxidation sites excluding steroid dienone is 1. The lowest BCUT2D eigenvalue weighted by Crippen LogP contribution is -2.50. The van der Waals surface area contributed by atoms with Gasteiger partial charge in [0.1, 0.15) is 30.0 Å². The molecule has 2 aliphatic heterocycles. The second-order valence-electron chi connectivity index (χ2n) is 10.6. The third-order valence-electron chi connectivity index (χ3n) is 7.96. The van der Waals surface area contributed by atoms with Crippen molar-refractivity contribution >= 4 is 19.5 Å². The molecular weight excluding hydrogens is 517 g/mol. The molecule has 2 fully saturated rings. The summed E-state index contributed by atoms with van der Waals surface area (Å²) in [5, 5.41) is 23.9. The van der Waals surface area contributed by atoms with Crippen LogP contribution in [0.1, 0.15) is 89.0 Å². The smallest absolute Gasteiger partial charge is 0.387 e. The number of nitrogens with zero attached hydrogens (tertiary/aromatic N) is 2. The molecule has 1 aromatic heterocycles. The zero-order valence-electron chi connectivity index (χ0n) is 21.5. The van der Waals surface area contributed by atoms with Crippen LogP contribution in [0.3, 0.4) is 0 Å². The summed E-state index contributed by atoms with van der Waals surface area (Å²) in [4.78, 5) is 36.0. The molecule has 4 rings (SSSR count). The molecule has 1 aromatic rings. The number of ether oxygens (including phenoxy) is 1. The first-order valence-corrected chi connectivity index (χ1v) is 14.9. The highest BCUT2D eigenvalue weighted by Gasteiger charge is 2.49. The highest BCUT2D eigenvalue weighted by Crippen LogP contribution is 2.44. The van der Waals surface area contributed by atoms with Crippen LogP contribution in [0.2, 0.25) is 0 Å². The quantitative estimate of drug-likeness (QED) is 0.257. The van der Waals surface area contributed by atoms with E-state index in [4.69, 9.17) is 26.0 Å². The number of nitrogens with two attached hydrogens (primary N) is 2. The second kappa shape index (κ2) is 12.0. The number of nitrogen functional groups attached to an aromatic ring is 1. The minimum absolute atomic E-state index is 0.105. The molecule has 5 atom stereocenters. The van der Waals surface area contributed by atoms with E-state index in [0.29, 0.717) is 24.4 Å². The van der Waals surface area contributed by atoms with Gasteiger partial charge in [0.15, 0.2) is 6.23 Å². The number of aliphatic hydroxyl groups excluding tert-OH is 2. The number of fused-ring (bicyclic) bond motifs is 2. The number of nitrogens with one attached hydrogen (secondary N) is 1. The van der Waals surface area contributed by atoms with Gasteiger partial charge < -0.3 is 41.5 Å². The van der Waals surface area contributed by atoms with Crippen LogP contribution in [0.15, 0.2) is 17.7 Å². The van der Waals surface area contributed by atoms with Crippen LogP contribution in [0.4, 0.5) is 5.82 Å². The van der Waals surface area contributed by atoms with E-state index < -0.39 is 44.4 Å². The van der Waals surface area contributed by atoms with Gasteiger partial charge in [-0.1, -0.05) is 51.4 Å². The van der Waals surface area contributed by atoms with Crippen LogP contribution >= 0.6 is 7.82 Å². The first-order valence-electron chi connectivity index (χ1n) is 13.4. The molecule has 2 bridgehead atoms. The highest BCUT2D eigenvalue weighted by atomic mass is 31.2. The van der Waals surface area contributed by atoms with Gasteiger partial charge in [-0.2, -0.15) is 0 Å². The fourth-order valence-corrected chi connectivity index (χ4v) is 6.16. The number of aliphatic hydroxyl groups is 2. The SMILES string of the molecule is NC1=C2CCCCCCCCCCCC(c3ncn(C4OC(COP(=O)(O)O)C(O)C4O)c3N)(C2)C(=O)N1. The largest absolute Gasteiger partial charge is 0.469 e. The van der Waals surface area contributed by atoms with Gasteiger partial charge in [-0.3, -0.25) is 13.9 Å². The van der Waals surface area contributed by atoms with Crippen molar-refractivity contribution in [3.05, 3.63) is 23.4 Å². The number of imidazole rings is 1. The van der Waals surface area contributed by atoms with E-state index in [-0.39, 0.29) is 11.7 Å². The lowest BCUT2D eigenvalue weighted by atomic mass is 9.71. The Hall–Kier alpha value is -1.99. The van der Waals surface area contributed by atoms with Crippen LogP contribution in [0.5, 0.6) is 0 Å². The predicted molar refractivity (Wildman–Crippen MR) is 137 cm³/mol. The van der Waals surface area contributed by atoms with E-state index in [1.807, 2.05) is 0 Å². The molecule has 38 heavy (non-hydrogen) atoms. The molecule has 9 N–H and O–H groups in total. The Morgan fingerprint density at radius 2 is 1.71 bits per heavy atom. The first kappa shape index (κ1) is 29.0. The molecule has 5 unspecified atom stereocenters. The Labute approximate surface area is 221 Å².